The maximum Gasteiger partial charge on any atom is 0.187 e. The van der Waals surface area contributed by atoms with E-state index in [1.807, 2.05) is 146 Å². The molecule has 0 aliphatic carbocycles. The molecule has 10 heteroatoms. The summed E-state index contributed by atoms with van der Waals surface area (Å²) < 4.78 is 68.8. The molecule has 0 spiro atoms. The molecule has 0 radical (unpaired) electrons. The first-order valence-electron chi connectivity index (χ1n) is 23.1. The summed E-state index contributed by atoms with van der Waals surface area (Å²) in [6.07, 6.45) is -5.53. The third-order valence-electron chi connectivity index (χ3n) is 12.4. The van der Waals surface area contributed by atoms with Crippen molar-refractivity contribution < 1.29 is 47.4 Å². The highest BCUT2D eigenvalue weighted by Gasteiger charge is 2.55. The lowest BCUT2D eigenvalue weighted by atomic mass is 9.89. The van der Waals surface area contributed by atoms with E-state index in [4.69, 9.17) is 47.4 Å². The van der Waals surface area contributed by atoms with E-state index < -0.39 is 55.3 Å². The Hall–Kier alpha value is -5.08. The van der Waals surface area contributed by atoms with Gasteiger partial charge in [-0.15, -0.1) is 0 Å². The Kier molecular flexibility index (Phi) is 16.5. The van der Waals surface area contributed by atoms with E-state index in [9.17, 15) is 0 Å². The van der Waals surface area contributed by atoms with Gasteiger partial charge in [0.1, 0.15) is 42.7 Å². The van der Waals surface area contributed by atoms with Crippen LogP contribution in [0.2, 0.25) is 0 Å². The summed E-state index contributed by atoms with van der Waals surface area (Å²) in [7, 11) is 1.62. The second-order valence-electron chi connectivity index (χ2n) is 17.0. The molecule has 344 valence electrons. The van der Waals surface area contributed by atoms with E-state index >= 15 is 0 Å². The van der Waals surface area contributed by atoms with Crippen LogP contribution in [0.4, 0.5) is 0 Å². The summed E-state index contributed by atoms with van der Waals surface area (Å²) in [5.41, 5.74) is 6.18. The first-order chi connectivity index (χ1) is 32.7. The smallest absolute Gasteiger partial charge is 0.187 e. The Morgan fingerprint density at radius 3 is 1.32 bits per heavy atom. The van der Waals surface area contributed by atoms with Crippen molar-refractivity contribution in [1.29, 1.82) is 0 Å². The summed E-state index contributed by atoms with van der Waals surface area (Å²) in [4.78, 5) is 0. The molecule has 11 atom stereocenters. The fourth-order valence-electron chi connectivity index (χ4n) is 9.06. The van der Waals surface area contributed by atoms with Crippen molar-refractivity contribution in [3.05, 3.63) is 215 Å². The number of benzene rings is 6. The Morgan fingerprint density at radius 2 is 0.833 bits per heavy atom. The van der Waals surface area contributed by atoms with Gasteiger partial charge in [-0.3, -0.25) is 0 Å². The summed E-state index contributed by atoms with van der Waals surface area (Å²) in [6.45, 7) is 1.74. The number of fused-ring (bicyclic) bond motifs is 1. The standard InChI is InChI=1S/C56H60O10/c1-57-55-53(61-37-43-26-14-5-15-27-43)52(60-36-42-24-12-4-13-25-42)50(48(65-55)39-58-34-40-20-8-2-9-21-40)66-56-54(62-38-44-28-16-6-17-29-44)51(59-35-41-22-10-3-11-23-41)49-47(64-56)33-32-46(63-49)45-30-18-7-19-31-45/h2-31,46-56H,32-39H2,1H3/t46-,47+,48+,49+,50+,51-,52-,53+,54-,55-,56-/m0/s1. The lowest BCUT2D eigenvalue weighted by molar-refractivity contribution is -0.379. The molecule has 3 aliphatic heterocycles. The number of hydrogen-bond acceptors (Lipinski definition) is 10. The average molecular weight is 893 g/mol. The van der Waals surface area contributed by atoms with Crippen molar-refractivity contribution in [2.75, 3.05) is 13.7 Å². The van der Waals surface area contributed by atoms with E-state index in [0.717, 1.165) is 39.8 Å². The van der Waals surface area contributed by atoms with Crippen LogP contribution in [-0.2, 0) is 80.4 Å². The number of ether oxygens (including phenoxy) is 10. The average Bonchev–Trinajstić information content (AvgIpc) is 3.38. The second kappa shape index (κ2) is 23.6. The van der Waals surface area contributed by atoms with Crippen molar-refractivity contribution >= 4 is 0 Å². The van der Waals surface area contributed by atoms with E-state index in [1.165, 1.54) is 0 Å². The Balaban J connectivity index is 1.08. The van der Waals surface area contributed by atoms with Gasteiger partial charge in [-0.2, -0.15) is 0 Å². The van der Waals surface area contributed by atoms with Crippen LogP contribution in [0.3, 0.4) is 0 Å². The summed E-state index contributed by atoms with van der Waals surface area (Å²) >= 11 is 0. The van der Waals surface area contributed by atoms with Crippen molar-refractivity contribution in [1.82, 2.24) is 0 Å². The molecule has 9 rings (SSSR count). The zero-order valence-electron chi connectivity index (χ0n) is 37.4. The van der Waals surface area contributed by atoms with Crippen LogP contribution in [0.5, 0.6) is 0 Å². The van der Waals surface area contributed by atoms with Gasteiger partial charge in [0.05, 0.1) is 51.8 Å². The van der Waals surface area contributed by atoms with Crippen LogP contribution >= 0.6 is 0 Å². The van der Waals surface area contributed by atoms with E-state index in [2.05, 4.69) is 36.4 Å². The first kappa shape index (κ1) is 46.0. The highest BCUT2D eigenvalue weighted by atomic mass is 16.8. The van der Waals surface area contributed by atoms with Crippen molar-refractivity contribution in [3.63, 3.8) is 0 Å². The quantitative estimate of drug-likeness (QED) is 0.0738. The lowest BCUT2D eigenvalue weighted by Gasteiger charge is -2.51. The predicted molar refractivity (Wildman–Crippen MR) is 249 cm³/mol. The van der Waals surface area contributed by atoms with Crippen molar-refractivity contribution in [3.8, 4) is 0 Å². The molecule has 3 fully saturated rings. The van der Waals surface area contributed by atoms with Gasteiger partial charge in [0.15, 0.2) is 12.6 Å². The summed E-state index contributed by atoms with van der Waals surface area (Å²) in [5.74, 6) is 0. The molecule has 0 unspecified atom stereocenters. The minimum absolute atomic E-state index is 0.145. The lowest BCUT2D eigenvalue weighted by Crippen LogP contribution is -2.66. The Bertz CT molecular complexity index is 2270. The number of methoxy groups -OCH3 is 1. The molecule has 66 heavy (non-hydrogen) atoms. The third-order valence-corrected chi connectivity index (χ3v) is 12.4. The van der Waals surface area contributed by atoms with Gasteiger partial charge in [-0.25, -0.2) is 0 Å². The summed E-state index contributed by atoms with van der Waals surface area (Å²) in [5, 5.41) is 0. The molecule has 10 nitrogen and oxygen atoms in total. The fourth-order valence-corrected chi connectivity index (χ4v) is 9.06. The van der Waals surface area contributed by atoms with Crippen LogP contribution in [-0.4, -0.2) is 75.1 Å². The molecule has 0 amide bonds. The van der Waals surface area contributed by atoms with Crippen LogP contribution in [0.1, 0.15) is 52.3 Å². The minimum Gasteiger partial charge on any atom is -0.374 e. The zero-order valence-corrected chi connectivity index (χ0v) is 37.4. The zero-order chi connectivity index (χ0) is 44.8. The van der Waals surface area contributed by atoms with Gasteiger partial charge in [0.25, 0.3) is 0 Å². The van der Waals surface area contributed by atoms with Crippen LogP contribution in [0.25, 0.3) is 0 Å². The number of rotatable bonds is 20. The van der Waals surface area contributed by atoms with Gasteiger partial charge >= 0.3 is 0 Å². The first-order valence-corrected chi connectivity index (χ1v) is 23.1. The Labute approximate surface area is 388 Å². The molecular weight excluding hydrogens is 833 g/mol. The highest BCUT2D eigenvalue weighted by Crippen LogP contribution is 2.42. The van der Waals surface area contributed by atoms with Gasteiger partial charge in [-0.1, -0.05) is 182 Å². The van der Waals surface area contributed by atoms with Crippen LogP contribution in [0, 0.1) is 0 Å². The van der Waals surface area contributed by atoms with Crippen molar-refractivity contribution in [2.45, 2.75) is 113 Å². The van der Waals surface area contributed by atoms with E-state index in [1.54, 1.807) is 7.11 Å². The molecule has 0 N–H and O–H groups in total. The maximum atomic E-state index is 7.42. The fraction of sp³-hybridized carbons (Fsp3) is 0.357. The maximum absolute atomic E-state index is 7.42. The highest BCUT2D eigenvalue weighted by molar-refractivity contribution is 5.20. The predicted octanol–water partition coefficient (Wildman–Crippen LogP) is 9.95. The molecule has 0 bridgehead atoms. The normalized spacial score (nSPS) is 27.5. The molecule has 6 aromatic carbocycles. The summed E-state index contributed by atoms with van der Waals surface area (Å²) in [6, 6.07) is 60.8. The SMILES string of the molecule is CO[C@H]1O[C@H](COCc2ccccc2)[C@@H](O[C@@H]2O[C@@H]3CC[C@@H](c4ccccc4)O[C@H]3[C@H](OCc3ccccc3)[C@@H]2OCc2ccccc2)[C@H](OCc2ccccc2)[C@H]1OCc1ccccc1. The minimum atomic E-state index is -0.950. The largest absolute Gasteiger partial charge is 0.374 e. The van der Waals surface area contributed by atoms with Gasteiger partial charge in [0, 0.05) is 7.11 Å². The Morgan fingerprint density at radius 1 is 0.409 bits per heavy atom. The molecule has 3 heterocycles. The van der Waals surface area contributed by atoms with Gasteiger partial charge < -0.3 is 47.4 Å². The third kappa shape index (κ3) is 12.1. The molecule has 3 saturated heterocycles. The monoisotopic (exact) mass is 892 g/mol. The number of hydrogen-bond donors (Lipinski definition) is 0. The van der Waals surface area contributed by atoms with Gasteiger partial charge in [-0.05, 0) is 46.2 Å². The van der Waals surface area contributed by atoms with Crippen molar-refractivity contribution in [2.24, 2.45) is 0 Å². The van der Waals surface area contributed by atoms with Gasteiger partial charge in [0.2, 0.25) is 0 Å². The molecule has 3 aliphatic rings. The molecule has 0 saturated carbocycles. The van der Waals surface area contributed by atoms with E-state index in [-0.39, 0.29) is 32.0 Å². The van der Waals surface area contributed by atoms with Crippen LogP contribution < -0.4 is 0 Å². The molecular formula is C56H60O10. The second-order valence-corrected chi connectivity index (χ2v) is 17.0. The van der Waals surface area contributed by atoms with Crippen LogP contribution in [0.15, 0.2) is 182 Å². The molecule has 0 aromatic heterocycles. The topological polar surface area (TPSA) is 92.3 Å². The molecule has 6 aromatic rings. The van der Waals surface area contributed by atoms with E-state index in [0.29, 0.717) is 26.2 Å².